The lowest BCUT2D eigenvalue weighted by Gasteiger charge is -2.32. The Morgan fingerprint density at radius 3 is 2.56 bits per heavy atom. The van der Waals surface area contributed by atoms with Gasteiger partial charge < -0.3 is 15.0 Å². The summed E-state index contributed by atoms with van der Waals surface area (Å²) in [5.41, 5.74) is 0. The number of hydrogen-bond acceptors (Lipinski definition) is 5. The summed E-state index contributed by atoms with van der Waals surface area (Å²) in [6, 6.07) is 0. The molecule has 0 aromatic rings. The van der Waals surface area contributed by atoms with Crippen molar-refractivity contribution in [1.29, 1.82) is 0 Å². The fourth-order valence-electron chi connectivity index (χ4n) is 1.74. The number of likely N-dealkylation sites (N-methyl/N-ethyl adjacent to an activating group) is 1. The van der Waals surface area contributed by atoms with Gasteiger partial charge in [0.1, 0.15) is 4.75 Å². The van der Waals surface area contributed by atoms with E-state index in [4.69, 9.17) is 4.74 Å². The zero-order valence-electron chi connectivity index (χ0n) is 11.4. The molecular weight excluding hydrogens is 256 g/mol. The second-order valence-electron chi connectivity index (χ2n) is 5.17. The Labute approximate surface area is 109 Å². The molecule has 1 N–H and O–H groups in total. The minimum atomic E-state index is -3.44. The van der Waals surface area contributed by atoms with Crippen LogP contribution >= 0.6 is 0 Å². The maximum atomic E-state index is 12.2. The van der Waals surface area contributed by atoms with E-state index in [1.54, 1.807) is 7.05 Å². The van der Waals surface area contributed by atoms with Gasteiger partial charge in [-0.1, -0.05) is 0 Å². The van der Waals surface area contributed by atoms with Gasteiger partial charge in [-0.2, -0.15) is 0 Å². The molecule has 1 rings (SSSR count). The number of hydrogen-bond donors (Lipinski definition) is 1. The second kappa shape index (κ2) is 5.54. The van der Waals surface area contributed by atoms with E-state index in [1.165, 1.54) is 18.7 Å². The van der Waals surface area contributed by atoms with Crippen molar-refractivity contribution in [3.05, 3.63) is 0 Å². The monoisotopic (exact) mass is 278 g/mol. The number of rotatable bonds is 4. The van der Waals surface area contributed by atoms with Crippen molar-refractivity contribution in [2.75, 3.05) is 39.5 Å². The lowest BCUT2D eigenvalue weighted by Crippen LogP contribution is -2.52. The van der Waals surface area contributed by atoms with E-state index in [0.717, 1.165) is 12.8 Å². The third-order valence-electron chi connectivity index (χ3n) is 3.27. The molecule has 1 unspecified atom stereocenters. The molecule has 0 bridgehead atoms. The highest BCUT2D eigenvalue weighted by Crippen LogP contribution is 2.18. The van der Waals surface area contributed by atoms with Crippen LogP contribution in [0.5, 0.6) is 0 Å². The van der Waals surface area contributed by atoms with E-state index >= 15 is 0 Å². The SMILES string of the molecule is CN(CC1CNCCO1)C(=O)C(C)(C)S(C)(=O)=O. The topological polar surface area (TPSA) is 75.7 Å². The van der Waals surface area contributed by atoms with E-state index < -0.39 is 20.5 Å². The number of morpholine rings is 1. The van der Waals surface area contributed by atoms with Gasteiger partial charge in [0.05, 0.1) is 12.7 Å². The van der Waals surface area contributed by atoms with E-state index in [1.807, 2.05) is 0 Å². The van der Waals surface area contributed by atoms with E-state index in [2.05, 4.69) is 5.32 Å². The maximum absolute atomic E-state index is 12.2. The summed E-state index contributed by atoms with van der Waals surface area (Å²) in [5, 5.41) is 3.17. The number of carbonyl (C=O) groups is 1. The molecule has 1 aliphatic rings. The molecule has 0 aromatic heterocycles. The Hall–Kier alpha value is -0.660. The minimum Gasteiger partial charge on any atom is -0.374 e. The van der Waals surface area contributed by atoms with Crippen molar-refractivity contribution in [3.8, 4) is 0 Å². The summed E-state index contributed by atoms with van der Waals surface area (Å²) in [7, 11) is -1.83. The number of ether oxygens (including phenoxy) is 1. The molecule has 1 atom stereocenters. The van der Waals surface area contributed by atoms with Crippen LogP contribution in [0.1, 0.15) is 13.8 Å². The van der Waals surface area contributed by atoms with Gasteiger partial charge in [-0.25, -0.2) is 8.42 Å². The van der Waals surface area contributed by atoms with Crippen LogP contribution in [0.15, 0.2) is 0 Å². The zero-order valence-corrected chi connectivity index (χ0v) is 12.2. The van der Waals surface area contributed by atoms with Crippen LogP contribution in [0, 0.1) is 0 Å². The van der Waals surface area contributed by atoms with Crippen LogP contribution in [-0.4, -0.2) is 69.6 Å². The summed E-state index contributed by atoms with van der Waals surface area (Å²) < 4.78 is 27.3. The zero-order chi connectivity index (χ0) is 14.0. The predicted octanol–water partition coefficient (Wildman–Crippen LogP) is -0.744. The lowest BCUT2D eigenvalue weighted by atomic mass is 10.1. The number of sulfone groups is 1. The van der Waals surface area contributed by atoms with Crippen LogP contribution in [0.2, 0.25) is 0 Å². The third kappa shape index (κ3) is 3.43. The van der Waals surface area contributed by atoms with E-state index in [9.17, 15) is 13.2 Å². The number of nitrogens with zero attached hydrogens (tertiary/aromatic N) is 1. The smallest absolute Gasteiger partial charge is 0.243 e. The highest BCUT2D eigenvalue weighted by Gasteiger charge is 2.40. The molecular formula is C11H22N2O4S. The van der Waals surface area contributed by atoms with Crippen molar-refractivity contribution < 1.29 is 17.9 Å². The van der Waals surface area contributed by atoms with Crippen molar-refractivity contribution in [2.45, 2.75) is 24.7 Å². The van der Waals surface area contributed by atoms with Gasteiger partial charge in [-0.05, 0) is 13.8 Å². The first-order valence-electron chi connectivity index (χ1n) is 5.93. The molecule has 6 nitrogen and oxygen atoms in total. The Morgan fingerprint density at radius 2 is 2.11 bits per heavy atom. The largest absolute Gasteiger partial charge is 0.374 e. The van der Waals surface area contributed by atoms with Crippen LogP contribution < -0.4 is 5.32 Å². The maximum Gasteiger partial charge on any atom is 0.243 e. The molecule has 7 heteroatoms. The van der Waals surface area contributed by atoms with Crippen LogP contribution in [0.25, 0.3) is 0 Å². The van der Waals surface area contributed by atoms with Gasteiger partial charge in [-0.15, -0.1) is 0 Å². The fourth-order valence-corrected chi connectivity index (χ4v) is 2.22. The Kier molecular flexibility index (Phi) is 4.74. The molecule has 106 valence electrons. The first kappa shape index (κ1) is 15.4. The molecule has 1 aliphatic heterocycles. The first-order chi connectivity index (χ1) is 8.16. The predicted molar refractivity (Wildman–Crippen MR) is 69.2 cm³/mol. The quantitative estimate of drug-likeness (QED) is 0.733. The third-order valence-corrected chi connectivity index (χ3v) is 5.30. The van der Waals surface area contributed by atoms with Gasteiger partial charge in [-0.3, -0.25) is 4.79 Å². The molecule has 1 fully saturated rings. The fraction of sp³-hybridized carbons (Fsp3) is 0.909. The molecule has 0 spiro atoms. The van der Waals surface area contributed by atoms with E-state index in [-0.39, 0.29) is 6.10 Å². The first-order valence-corrected chi connectivity index (χ1v) is 7.83. The van der Waals surface area contributed by atoms with Crippen molar-refractivity contribution in [1.82, 2.24) is 10.2 Å². The van der Waals surface area contributed by atoms with Gasteiger partial charge in [0.25, 0.3) is 0 Å². The van der Waals surface area contributed by atoms with E-state index in [0.29, 0.717) is 19.7 Å². The summed E-state index contributed by atoms with van der Waals surface area (Å²) >= 11 is 0. The van der Waals surface area contributed by atoms with Gasteiger partial charge in [0.15, 0.2) is 9.84 Å². The average molecular weight is 278 g/mol. The Bertz CT molecular complexity index is 399. The molecule has 1 heterocycles. The van der Waals surface area contributed by atoms with Gasteiger partial charge in [0, 0.05) is 32.9 Å². The molecule has 1 amide bonds. The molecule has 0 saturated carbocycles. The Balaban J connectivity index is 2.66. The van der Waals surface area contributed by atoms with Crippen molar-refractivity contribution in [3.63, 3.8) is 0 Å². The number of carbonyl (C=O) groups excluding carboxylic acids is 1. The van der Waals surface area contributed by atoms with Gasteiger partial charge in [0.2, 0.25) is 5.91 Å². The molecule has 18 heavy (non-hydrogen) atoms. The van der Waals surface area contributed by atoms with Gasteiger partial charge >= 0.3 is 0 Å². The minimum absolute atomic E-state index is 0.0805. The summed E-state index contributed by atoms with van der Waals surface area (Å²) in [5.74, 6) is -0.404. The Morgan fingerprint density at radius 1 is 1.50 bits per heavy atom. The molecule has 0 aliphatic carbocycles. The molecule has 0 aromatic carbocycles. The average Bonchev–Trinajstić information content (AvgIpc) is 2.27. The molecule has 1 saturated heterocycles. The number of nitrogens with one attached hydrogen (secondary N) is 1. The van der Waals surface area contributed by atoms with Crippen LogP contribution in [0.4, 0.5) is 0 Å². The highest BCUT2D eigenvalue weighted by molar-refractivity contribution is 7.92. The lowest BCUT2D eigenvalue weighted by molar-refractivity contribution is -0.134. The van der Waals surface area contributed by atoms with Crippen LogP contribution in [-0.2, 0) is 19.4 Å². The van der Waals surface area contributed by atoms with Crippen molar-refractivity contribution >= 4 is 15.7 Å². The summed E-state index contributed by atoms with van der Waals surface area (Å²) in [6.45, 7) is 5.36. The highest BCUT2D eigenvalue weighted by atomic mass is 32.2. The normalized spacial score (nSPS) is 21.7. The summed E-state index contributed by atoms with van der Waals surface area (Å²) in [6.07, 6.45) is 1.00. The molecule has 0 radical (unpaired) electrons. The number of amides is 1. The van der Waals surface area contributed by atoms with Crippen molar-refractivity contribution in [2.24, 2.45) is 0 Å². The standard InChI is InChI=1S/C11H22N2O4S/c1-11(2,18(4,15)16)10(14)13(3)8-9-7-12-5-6-17-9/h9,12H,5-8H2,1-4H3. The second-order valence-corrected chi connectivity index (χ2v) is 7.73. The van der Waals surface area contributed by atoms with Crippen LogP contribution in [0.3, 0.4) is 0 Å². The summed E-state index contributed by atoms with van der Waals surface area (Å²) in [4.78, 5) is 13.6.